The largest absolute Gasteiger partial charge is 0.394 e. The average Bonchev–Trinajstić information content (AvgIpc) is 3.19. The highest BCUT2D eigenvalue weighted by molar-refractivity contribution is 5.84. The fourth-order valence-corrected chi connectivity index (χ4v) is 6.52. The van der Waals surface area contributed by atoms with Crippen LogP contribution in [0, 0.1) is 5.92 Å². The summed E-state index contributed by atoms with van der Waals surface area (Å²) in [6.45, 7) is 0.556. The lowest BCUT2D eigenvalue weighted by Gasteiger charge is -2.28. The molecule has 0 saturated heterocycles. The molecule has 4 aromatic carbocycles. The zero-order valence-electron chi connectivity index (χ0n) is 24.0. The molecule has 1 amide bonds. The topological polar surface area (TPSA) is 67.2 Å². The van der Waals surface area contributed by atoms with Crippen LogP contribution in [-0.2, 0) is 11.3 Å². The zero-order valence-corrected chi connectivity index (χ0v) is 24.0. The molecule has 5 nitrogen and oxygen atoms in total. The van der Waals surface area contributed by atoms with E-state index in [2.05, 4.69) is 64.5 Å². The van der Waals surface area contributed by atoms with Crippen molar-refractivity contribution < 1.29 is 9.90 Å². The van der Waals surface area contributed by atoms with Gasteiger partial charge in [-0.2, -0.15) is 0 Å². The van der Waals surface area contributed by atoms with Gasteiger partial charge >= 0.3 is 0 Å². The van der Waals surface area contributed by atoms with Crippen molar-refractivity contribution in [3.05, 3.63) is 126 Å². The predicted molar refractivity (Wildman–Crippen MR) is 169 cm³/mol. The number of carbonyl (C=O) groups excluding carboxylic acids is 1. The second kappa shape index (κ2) is 13.2. The van der Waals surface area contributed by atoms with E-state index in [0.717, 1.165) is 64.8 Å². The van der Waals surface area contributed by atoms with E-state index in [-0.39, 0.29) is 24.3 Å². The number of nitrogens with zero attached hydrogens (tertiary/aromatic N) is 2. The number of carbonyl (C=O) groups is 1. The van der Waals surface area contributed by atoms with Gasteiger partial charge in [-0.1, -0.05) is 123 Å². The van der Waals surface area contributed by atoms with Crippen LogP contribution in [0.2, 0.25) is 0 Å². The molecule has 1 heterocycles. The summed E-state index contributed by atoms with van der Waals surface area (Å²) in [5, 5.41) is 13.3. The summed E-state index contributed by atoms with van der Waals surface area (Å²) >= 11 is 0. The van der Waals surface area contributed by atoms with E-state index in [1.165, 1.54) is 12.8 Å². The van der Waals surface area contributed by atoms with Crippen molar-refractivity contribution in [3.63, 3.8) is 0 Å². The van der Waals surface area contributed by atoms with Gasteiger partial charge in [0.2, 0.25) is 5.91 Å². The molecule has 2 N–H and O–H groups in total. The highest BCUT2D eigenvalue weighted by atomic mass is 16.3. The normalized spacial score (nSPS) is 15.6. The highest BCUT2D eigenvalue weighted by Crippen LogP contribution is 2.36. The lowest BCUT2D eigenvalue weighted by Crippen LogP contribution is -2.37. The molecule has 214 valence electrons. The summed E-state index contributed by atoms with van der Waals surface area (Å²) < 4.78 is 2.28. The van der Waals surface area contributed by atoms with Crippen molar-refractivity contribution in [1.29, 1.82) is 0 Å². The van der Waals surface area contributed by atoms with Crippen molar-refractivity contribution >= 4 is 16.9 Å². The van der Waals surface area contributed by atoms with Crippen LogP contribution >= 0.6 is 0 Å². The van der Waals surface area contributed by atoms with Gasteiger partial charge in [-0.15, -0.1) is 0 Å². The maximum absolute atomic E-state index is 14.0. The Hall–Kier alpha value is -4.22. The number of nitrogens with one attached hydrogen (secondary N) is 1. The molecule has 6 rings (SSSR count). The van der Waals surface area contributed by atoms with Gasteiger partial charge in [0.25, 0.3) is 0 Å². The Kier molecular flexibility index (Phi) is 8.76. The third-order valence-electron chi connectivity index (χ3n) is 8.72. The first kappa shape index (κ1) is 27.9. The van der Waals surface area contributed by atoms with Crippen LogP contribution in [-0.4, -0.2) is 27.2 Å². The first-order valence-electron chi connectivity index (χ1n) is 15.3. The summed E-state index contributed by atoms with van der Waals surface area (Å²) in [7, 11) is 0. The Morgan fingerprint density at radius 2 is 1.43 bits per heavy atom. The van der Waals surface area contributed by atoms with Crippen LogP contribution in [0.25, 0.3) is 22.4 Å². The molecule has 2 atom stereocenters. The van der Waals surface area contributed by atoms with Crippen molar-refractivity contribution in [2.24, 2.45) is 5.92 Å². The van der Waals surface area contributed by atoms with Gasteiger partial charge in [0.1, 0.15) is 5.82 Å². The van der Waals surface area contributed by atoms with Gasteiger partial charge in [0, 0.05) is 12.1 Å². The van der Waals surface area contributed by atoms with Gasteiger partial charge in [-0.05, 0) is 47.6 Å². The van der Waals surface area contributed by atoms with Gasteiger partial charge in [0.15, 0.2) is 0 Å². The molecule has 1 saturated carbocycles. The van der Waals surface area contributed by atoms with Gasteiger partial charge in [-0.3, -0.25) is 4.79 Å². The lowest BCUT2D eigenvalue weighted by atomic mass is 9.80. The molecule has 0 spiro atoms. The molecule has 42 heavy (non-hydrogen) atoms. The van der Waals surface area contributed by atoms with Crippen LogP contribution in [0.15, 0.2) is 109 Å². The summed E-state index contributed by atoms with van der Waals surface area (Å²) in [4.78, 5) is 18.9. The average molecular weight is 558 g/mol. The first-order valence-corrected chi connectivity index (χ1v) is 15.3. The third kappa shape index (κ3) is 6.17. The summed E-state index contributed by atoms with van der Waals surface area (Å²) in [5.74, 6) is 0.997. The van der Waals surface area contributed by atoms with Gasteiger partial charge in [-0.25, -0.2) is 4.98 Å². The number of para-hydroxylation sites is 2. The van der Waals surface area contributed by atoms with E-state index >= 15 is 0 Å². The molecule has 5 heteroatoms. The number of aliphatic hydroxyl groups is 1. The van der Waals surface area contributed by atoms with Crippen LogP contribution in [0.3, 0.4) is 0 Å². The number of imidazole rings is 1. The maximum atomic E-state index is 14.0. The van der Waals surface area contributed by atoms with Gasteiger partial charge in [0.05, 0.1) is 29.6 Å². The van der Waals surface area contributed by atoms with E-state index in [1.54, 1.807) is 0 Å². The SMILES string of the molecule is O=C(NC(CO)c1ccccc1)C(c1ccc(Cn2c(-c3ccccc3)nc3ccccc32)cc1)C1CCCCCC1. The predicted octanol–water partition coefficient (Wildman–Crippen LogP) is 7.66. The van der Waals surface area contributed by atoms with Crippen molar-refractivity contribution in [2.45, 2.75) is 57.0 Å². The van der Waals surface area contributed by atoms with Crippen molar-refractivity contribution in [3.8, 4) is 11.4 Å². The maximum Gasteiger partial charge on any atom is 0.228 e. The second-order valence-corrected chi connectivity index (χ2v) is 11.5. The van der Waals surface area contributed by atoms with E-state index < -0.39 is 6.04 Å². The molecule has 2 unspecified atom stereocenters. The Morgan fingerprint density at radius 3 is 2.12 bits per heavy atom. The number of aliphatic hydroxyl groups excluding tert-OH is 1. The number of rotatable bonds is 9. The number of hydrogen-bond acceptors (Lipinski definition) is 3. The van der Waals surface area contributed by atoms with Crippen LogP contribution in [0.4, 0.5) is 0 Å². The number of amides is 1. The van der Waals surface area contributed by atoms with Crippen LogP contribution < -0.4 is 5.32 Å². The van der Waals surface area contributed by atoms with E-state index in [4.69, 9.17) is 4.98 Å². The quantitative estimate of drug-likeness (QED) is 0.183. The molecule has 0 radical (unpaired) electrons. The molecule has 1 aliphatic rings. The molecule has 1 aromatic heterocycles. The van der Waals surface area contributed by atoms with Crippen LogP contribution in [0.1, 0.15) is 67.2 Å². The smallest absolute Gasteiger partial charge is 0.228 e. The number of benzene rings is 4. The van der Waals surface area contributed by atoms with Crippen molar-refractivity contribution in [1.82, 2.24) is 14.9 Å². The molecule has 0 bridgehead atoms. The Balaban J connectivity index is 1.29. The Labute approximate surface area is 248 Å². The fourth-order valence-electron chi connectivity index (χ4n) is 6.52. The molecule has 1 aliphatic carbocycles. The van der Waals surface area contributed by atoms with E-state index in [9.17, 15) is 9.90 Å². The van der Waals surface area contributed by atoms with Crippen LogP contribution in [0.5, 0.6) is 0 Å². The molecule has 5 aromatic rings. The van der Waals surface area contributed by atoms with E-state index in [1.807, 2.05) is 54.6 Å². The minimum absolute atomic E-state index is 0.00419. The Bertz CT molecular complexity index is 1590. The van der Waals surface area contributed by atoms with Crippen molar-refractivity contribution in [2.75, 3.05) is 6.61 Å². The zero-order chi connectivity index (χ0) is 28.7. The molecular weight excluding hydrogens is 518 g/mol. The Morgan fingerprint density at radius 1 is 0.786 bits per heavy atom. The summed E-state index contributed by atoms with van der Waals surface area (Å²) in [6, 6.07) is 36.5. The standard InChI is InChI=1S/C37H39N3O2/c41-26-33(28-13-7-3-8-14-28)39-37(42)35(29-15-5-1-2-6-16-29)30-23-21-27(22-24-30)25-40-34-20-12-11-19-32(34)38-36(40)31-17-9-4-10-18-31/h3-4,7-14,17-24,29,33,35,41H,1-2,5-6,15-16,25-26H2,(H,39,42). The molecule has 1 fully saturated rings. The molecule has 0 aliphatic heterocycles. The first-order chi connectivity index (χ1) is 20.7. The van der Waals surface area contributed by atoms with E-state index in [0.29, 0.717) is 6.54 Å². The third-order valence-corrected chi connectivity index (χ3v) is 8.72. The highest BCUT2D eigenvalue weighted by Gasteiger charge is 2.31. The van der Waals surface area contributed by atoms with Gasteiger partial charge < -0.3 is 15.0 Å². The number of hydrogen-bond donors (Lipinski definition) is 2. The molecular formula is C37H39N3O2. The number of aromatic nitrogens is 2. The summed E-state index contributed by atoms with van der Waals surface area (Å²) in [6.07, 6.45) is 6.88. The fraction of sp³-hybridized carbons (Fsp3) is 0.297. The summed E-state index contributed by atoms with van der Waals surface area (Å²) in [5.41, 5.74) is 6.31. The lowest BCUT2D eigenvalue weighted by molar-refractivity contribution is -0.125. The number of fused-ring (bicyclic) bond motifs is 1. The monoisotopic (exact) mass is 557 g/mol. The second-order valence-electron chi connectivity index (χ2n) is 11.5. The minimum atomic E-state index is -0.419. The minimum Gasteiger partial charge on any atom is -0.394 e.